The van der Waals surface area contributed by atoms with Crippen molar-refractivity contribution in [1.29, 1.82) is 0 Å². The van der Waals surface area contributed by atoms with Crippen molar-refractivity contribution >= 4 is 21.3 Å². The van der Waals surface area contributed by atoms with Gasteiger partial charge in [0, 0.05) is 0 Å². The molecule has 5 N–H and O–H groups in total. The van der Waals surface area contributed by atoms with Gasteiger partial charge in [-0.2, -0.15) is 0 Å². The first-order chi connectivity index (χ1) is 10.0. The smallest absolute Gasteiger partial charge is 0.358 e. The molecule has 0 aromatic heterocycles. The van der Waals surface area contributed by atoms with Crippen LogP contribution in [-0.4, -0.2) is 30.0 Å². The second-order valence-corrected chi connectivity index (χ2v) is 8.96. The summed E-state index contributed by atoms with van der Waals surface area (Å²) in [4.78, 5) is 39.1. The van der Waals surface area contributed by atoms with Crippen LogP contribution in [0.3, 0.4) is 0 Å². The summed E-state index contributed by atoms with van der Waals surface area (Å²) in [6, 6.07) is 6.07. The number of hydrogen-bond donors (Lipinski definition) is 5. The average Bonchev–Trinajstić information content (AvgIpc) is 2.78. The van der Waals surface area contributed by atoms with E-state index < -0.39 is 32.1 Å². The maximum absolute atomic E-state index is 12.2. The Morgan fingerprint density at radius 3 is 2.23 bits per heavy atom. The standard InChI is InChI=1S/C13H18O7P2/c1-2-8-13(14,22(18,19)20)12(21(15,16)17)9-7-10-5-3-4-6-11(10)12/h3-7,9,14H,2,8H2,1H3,(H2,15,16,17)(H2,18,19,20). The molecule has 0 saturated carbocycles. The molecule has 2 unspecified atom stereocenters. The van der Waals surface area contributed by atoms with Gasteiger partial charge in [-0.1, -0.05) is 49.8 Å². The maximum Gasteiger partial charge on any atom is 0.358 e. The predicted molar refractivity (Wildman–Crippen MR) is 81.1 cm³/mol. The highest BCUT2D eigenvalue weighted by molar-refractivity contribution is 7.58. The molecular formula is C13H18O7P2. The summed E-state index contributed by atoms with van der Waals surface area (Å²) in [5.74, 6) is 0. The first-order valence-electron chi connectivity index (χ1n) is 6.63. The second kappa shape index (κ2) is 5.39. The van der Waals surface area contributed by atoms with E-state index in [0.717, 1.165) is 6.08 Å². The lowest BCUT2D eigenvalue weighted by Gasteiger charge is -2.44. The molecular weight excluding hydrogens is 330 g/mol. The van der Waals surface area contributed by atoms with E-state index >= 15 is 0 Å². The summed E-state index contributed by atoms with van der Waals surface area (Å²) in [5, 5.41) is 5.42. The molecule has 9 heteroatoms. The minimum absolute atomic E-state index is 0.0163. The summed E-state index contributed by atoms with van der Waals surface area (Å²) < 4.78 is 24.2. The van der Waals surface area contributed by atoms with Crippen molar-refractivity contribution in [1.82, 2.24) is 0 Å². The van der Waals surface area contributed by atoms with Gasteiger partial charge in [0.1, 0.15) is 0 Å². The number of rotatable bonds is 5. The fourth-order valence-corrected chi connectivity index (χ4v) is 6.33. The van der Waals surface area contributed by atoms with Crippen molar-refractivity contribution in [3.8, 4) is 0 Å². The molecule has 0 spiro atoms. The topological polar surface area (TPSA) is 135 Å². The predicted octanol–water partition coefficient (Wildman–Crippen LogP) is 1.75. The minimum Gasteiger partial charge on any atom is -0.376 e. The Balaban J connectivity index is 2.87. The molecule has 1 aromatic carbocycles. The first-order valence-corrected chi connectivity index (χ1v) is 9.86. The van der Waals surface area contributed by atoms with Crippen LogP contribution in [0.5, 0.6) is 0 Å². The van der Waals surface area contributed by atoms with Crippen LogP contribution in [0, 0.1) is 0 Å². The third-order valence-corrected chi connectivity index (χ3v) is 7.42. The number of benzene rings is 1. The fourth-order valence-electron chi connectivity index (χ4n) is 3.03. The summed E-state index contributed by atoms with van der Waals surface area (Å²) in [6.45, 7) is 1.57. The third-order valence-electron chi connectivity index (χ3n) is 4.03. The largest absolute Gasteiger partial charge is 0.376 e. The van der Waals surface area contributed by atoms with E-state index in [9.17, 15) is 33.8 Å². The van der Waals surface area contributed by atoms with Gasteiger partial charge in [0.05, 0.1) is 0 Å². The van der Waals surface area contributed by atoms with Crippen LogP contribution in [0.25, 0.3) is 6.08 Å². The zero-order valence-corrected chi connectivity index (χ0v) is 13.6. The lowest BCUT2D eigenvalue weighted by molar-refractivity contribution is 0.0450. The van der Waals surface area contributed by atoms with Crippen molar-refractivity contribution in [2.75, 3.05) is 0 Å². The molecule has 1 aliphatic carbocycles. The summed E-state index contributed by atoms with van der Waals surface area (Å²) in [7, 11) is -10.4. The van der Waals surface area contributed by atoms with Crippen molar-refractivity contribution in [2.45, 2.75) is 30.3 Å². The van der Waals surface area contributed by atoms with Gasteiger partial charge in [-0.05, 0) is 17.5 Å². The Morgan fingerprint density at radius 1 is 1.14 bits per heavy atom. The molecule has 0 bridgehead atoms. The van der Waals surface area contributed by atoms with Crippen LogP contribution in [0.2, 0.25) is 0 Å². The summed E-state index contributed by atoms with van der Waals surface area (Å²) >= 11 is 0. The Bertz CT molecular complexity index is 704. The van der Waals surface area contributed by atoms with Crippen LogP contribution in [-0.2, 0) is 14.3 Å². The van der Waals surface area contributed by atoms with Crippen molar-refractivity contribution in [3.63, 3.8) is 0 Å². The SMILES string of the molecule is CCCC(O)(C1(P(=O)(O)O)C=Cc2ccccc21)P(=O)(O)O. The van der Waals surface area contributed by atoms with Crippen LogP contribution >= 0.6 is 15.2 Å². The van der Waals surface area contributed by atoms with Gasteiger partial charge in [-0.25, -0.2) is 0 Å². The molecule has 0 amide bonds. The Hall–Kier alpha value is -0.780. The van der Waals surface area contributed by atoms with Crippen LogP contribution in [0.15, 0.2) is 30.3 Å². The number of hydrogen-bond acceptors (Lipinski definition) is 3. The Morgan fingerprint density at radius 2 is 1.73 bits per heavy atom. The third kappa shape index (κ3) is 2.25. The number of aliphatic hydroxyl groups is 1. The number of fused-ring (bicyclic) bond motifs is 1. The molecule has 0 saturated heterocycles. The van der Waals surface area contributed by atoms with Gasteiger partial charge < -0.3 is 24.7 Å². The molecule has 2 atom stereocenters. The highest BCUT2D eigenvalue weighted by Crippen LogP contribution is 2.74. The quantitative estimate of drug-likeness (QED) is 0.512. The molecule has 2 rings (SSSR count). The van der Waals surface area contributed by atoms with Gasteiger partial charge in [-0.3, -0.25) is 9.13 Å². The van der Waals surface area contributed by atoms with Gasteiger partial charge in [0.15, 0.2) is 10.5 Å². The second-order valence-electron chi connectivity index (χ2n) is 5.34. The van der Waals surface area contributed by atoms with Crippen LogP contribution in [0.1, 0.15) is 30.9 Å². The van der Waals surface area contributed by atoms with E-state index in [-0.39, 0.29) is 12.0 Å². The molecule has 0 fully saturated rings. The van der Waals surface area contributed by atoms with E-state index in [1.165, 1.54) is 18.2 Å². The van der Waals surface area contributed by atoms with Crippen LogP contribution in [0.4, 0.5) is 0 Å². The van der Waals surface area contributed by atoms with Gasteiger partial charge in [0.2, 0.25) is 0 Å². The van der Waals surface area contributed by atoms with E-state index in [4.69, 9.17) is 0 Å². The zero-order chi connectivity index (χ0) is 16.8. The highest BCUT2D eigenvalue weighted by Gasteiger charge is 2.69. The van der Waals surface area contributed by atoms with Gasteiger partial charge in [-0.15, -0.1) is 0 Å². The van der Waals surface area contributed by atoms with Crippen molar-refractivity contribution in [2.24, 2.45) is 0 Å². The zero-order valence-electron chi connectivity index (χ0n) is 11.8. The first kappa shape index (κ1) is 17.6. The maximum atomic E-state index is 12.2. The summed E-state index contributed by atoms with van der Waals surface area (Å²) in [6.07, 6.45) is 2.07. The molecule has 1 aliphatic rings. The normalized spacial score (nSPS) is 24.1. The van der Waals surface area contributed by atoms with Crippen LogP contribution < -0.4 is 0 Å². The lowest BCUT2D eigenvalue weighted by Crippen LogP contribution is -2.49. The molecule has 0 radical (unpaired) electrons. The molecule has 1 aromatic rings. The molecule has 0 heterocycles. The fraction of sp³-hybridized carbons (Fsp3) is 0.385. The van der Waals surface area contributed by atoms with E-state index in [0.29, 0.717) is 5.56 Å². The molecule has 122 valence electrons. The monoisotopic (exact) mass is 348 g/mol. The van der Waals surface area contributed by atoms with Gasteiger partial charge in [0.25, 0.3) is 0 Å². The molecule has 0 aliphatic heterocycles. The average molecular weight is 348 g/mol. The highest BCUT2D eigenvalue weighted by atomic mass is 31.2. The van der Waals surface area contributed by atoms with Gasteiger partial charge >= 0.3 is 15.2 Å². The molecule has 7 nitrogen and oxygen atoms in total. The summed E-state index contributed by atoms with van der Waals surface area (Å²) in [5.41, 5.74) is 0.427. The lowest BCUT2D eigenvalue weighted by atomic mass is 9.90. The van der Waals surface area contributed by atoms with Crippen molar-refractivity contribution in [3.05, 3.63) is 41.5 Å². The Labute approximate surface area is 127 Å². The van der Waals surface area contributed by atoms with E-state index in [1.807, 2.05) is 0 Å². The Kier molecular flexibility index (Phi) is 4.31. The van der Waals surface area contributed by atoms with E-state index in [2.05, 4.69) is 0 Å². The minimum atomic E-state index is -5.26. The van der Waals surface area contributed by atoms with E-state index in [1.54, 1.807) is 19.1 Å². The van der Waals surface area contributed by atoms with Crippen molar-refractivity contribution < 1.29 is 33.8 Å². The molecule has 22 heavy (non-hydrogen) atoms.